The molecule has 1 heterocycles. The number of aliphatic hydroxyl groups is 1. The largest absolute Gasteiger partial charge is 0.386 e. The van der Waals surface area contributed by atoms with Crippen LogP contribution >= 0.6 is 11.6 Å². The van der Waals surface area contributed by atoms with Crippen LogP contribution < -0.4 is 16.3 Å². The highest BCUT2D eigenvalue weighted by molar-refractivity contribution is 6.30. The number of hydrogen-bond acceptors (Lipinski definition) is 5. The maximum Gasteiger partial charge on any atom is 0.349 e. The third kappa shape index (κ3) is 4.26. The Labute approximate surface area is 193 Å². The van der Waals surface area contributed by atoms with Gasteiger partial charge < -0.3 is 15.7 Å². The molecule has 166 valence electrons. The summed E-state index contributed by atoms with van der Waals surface area (Å²) in [5.41, 5.74) is 3.13. The monoisotopic (exact) mass is 461 g/mol. The number of aromatic nitrogens is 3. The van der Waals surface area contributed by atoms with Crippen molar-refractivity contribution in [1.82, 2.24) is 20.1 Å². The average molecular weight is 462 g/mol. The molecule has 1 aliphatic carbocycles. The highest BCUT2D eigenvalue weighted by Crippen LogP contribution is 2.31. The van der Waals surface area contributed by atoms with Crippen molar-refractivity contribution >= 4 is 29.1 Å². The van der Waals surface area contributed by atoms with E-state index in [-0.39, 0.29) is 17.9 Å². The highest BCUT2D eigenvalue weighted by Gasteiger charge is 2.31. The summed E-state index contributed by atoms with van der Waals surface area (Å²) in [7, 11) is 0. The second-order valence-electron chi connectivity index (χ2n) is 7.80. The van der Waals surface area contributed by atoms with Crippen molar-refractivity contribution in [3.63, 3.8) is 0 Å². The van der Waals surface area contributed by atoms with Gasteiger partial charge in [0.2, 0.25) is 5.95 Å². The van der Waals surface area contributed by atoms with E-state index in [0.717, 1.165) is 11.1 Å². The molecule has 2 atom stereocenters. The molecule has 1 aromatic heterocycles. The zero-order valence-electron chi connectivity index (χ0n) is 17.3. The van der Waals surface area contributed by atoms with Gasteiger partial charge in [-0.3, -0.25) is 9.78 Å². The topological polar surface area (TPSA) is 112 Å². The van der Waals surface area contributed by atoms with E-state index in [1.807, 2.05) is 24.3 Å². The van der Waals surface area contributed by atoms with E-state index in [1.165, 1.54) is 4.68 Å². The van der Waals surface area contributed by atoms with Gasteiger partial charge in [-0.25, -0.2) is 4.79 Å². The Morgan fingerprint density at radius 3 is 2.64 bits per heavy atom. The van der Waals surface area contributed by atoms with Crippen molar-refractivity contribution in [2.75, 3.05) is 5.32 Å². The first-order valence-corrected chi connectivity index (χ1v) is 10.7. The van der Waals surface area contributed by atoms with Crippen LogP contribution in [-0.4, -0.2) is 31.8 Å². The van der Waals surface area contributed by atoms with Crippen LogP contribution in [0.4, 0.5) is 11.6 Å². The van der Waals surface area contributed by atoms with Gasteiger partial charge in [0.15, 0.2) is 0 Å². The van der Waals surface area contributed by atoms with E-state index in [0.29, 0.717) is 28.4 Å². The van der Waals surface area contributed by atoms with E-state index in [1.54, 1.807) is 48.5 Å². The molecule has 0 saturated heterocycles. The van der Waals surface area contributed by atoms with Gasteiger partial charge in [-0.05, 0) is 60.0 Å². The molecule has 3 aromatic carbocycles. The normalized spacial score (nSPS) is 16.9. The zero-order chi connectivity index (χ0) is 22.9. The lowest BCUT2D eigenvalue weighted by molar-refractivity contribution is 0.0858. The Balaban J connectivity index is 1.25. The summed E-state index contributed by atoms with van der Waals surface area (Å²) in [5.74, 6) is -0.0129. The van der Waals surface area contributed by atoms with Gasteiger partial charge in [-0.1, -0.05) is 41.9 Å². The predicted octanol–water partition coefficient (Wildman–Crippen LogP) is 3.35. The van der Waals surface area contributed by atoms with Gasteiger partial charge in [0.1, 0.15) is 0 Å². The van der Waals surface area contributed by atoms with Gasteiger partial charge in [-0.2, -0.15) is 4.68 Å². The molecule has 8 nitrogen and oxygen atoms in total. The molecule has 0 radical (unpaired) electrons. The smallest absolute Gasteiger partial charge is 0.349 e. The molecule has 0 unspecified atom stereocenters. The van der Waals surface area contributed by atoms with Crippen LogP contribution in [0.15, 0.2) is 77.6 Å². The Morgan fingerprint density at radius 2 is 1.88 bits per heavy atom. The molecular weight excluding hydrogens is 442 g/mol. The lowest BCUT2D eigenvalue weighted by Crippen LogP contribution is -2.37. The summed E-state index contributed by atoms with van der Waals surface area (Å²) in [6.45, 7) is 0. The van der Waals surface area contributed by atoms with E-state index >= 15 is 0 Å². The zero-order valence-corrected chi connectivity index (χ0v) is 18.1. The van der Waals surface area contributed by atoms with Gasteiger partial charge in [0, 0.05) is 16.3 Å². The first-order chi connectivity index (χ1) is 16.0. The third-order valence-electron chi connectivity index (χ3n) is 5.59. The van der Waals surface area contributed by atoms with Crippen LogP contribution in [0, 0.1) is 0 Å². The minimum Gasteiger partial charge on any atom is -0.386 e. The Hall–Kier alpha value is -3.88. The van der Waals surface area contributed by atoms with E-state index < -0.39 is 11.8 Å². The van der Waals surface area contributed by atoms with Crippen LogP contribution in [0.1, 0.15) is 27.6 Å². The standard InChI is InChI=1S/C24H20ClN5O3/c25-16-5-3-6-18(13-16)30-24(33)28-23(29-30)26-17-10-8-14(9-11-17)22(32)27-20-12-15-4-1-2-7-19(15)21(20)31/h1-11,13,20-21,31H,12H2,(H,27,32)(H2,26,28,29,33)/t20-,21-/m0/s1. The number of aromatic amines is 1. The molecule has 0 bridgehead atoms. The molecule has 4 aromatic rings. The van der Waals surface area contributed by atoms with Crippen molar-refractivity contribution in [3.05, 3.63) is 105 Å². The SMILES string of the molecule is O=C(N[C@H]1Cc2ccccc2[C@@H]1O)c1ccc(Nc2nn(-c3cccc(Cl)c3)c(=O)[nH]2)cc1. The highest BCUT2D eigenvalue weighted by atomic mass is 35.5. The number of carbonyl (C=O) groups is 1. The summed E-state index contributed by atoms with van der Waals surface area (Å²) in [6.07, 6.45) is -0.136. The van der Waals surface area contributed by atoms with Crippen molar-refractivity contribution < 1.29 is 9.90 Å². The number of rotatable bonds is 5. The van der Waals surface area contributed by atoms with Gasteiger partial charge in [0.05, 0.1) is 17.8 Å². The van der Waals surface area contributed by atoms with Crippen molar-refractivity contribution in [2.45, 2.75) is 18.6 Å². The molecule has 33 heavy (non-hydrogen) atoms. The molecule has 5 rings (SSSR count). The van der Waals surface area contributed by atoms with Gasteiger partial charge in [-0.15, -0.1) is 5.10 Å². The first-order valence-electron chi connectivity index (χ1n) is 10.4. The van der Waals surface area contributed by atoms with Crippen LogP contribution in [0.5, 0.6) is 0 Å². The summed E-state index contributed by atoms with van der Waals surface area (Å²) < 4.78 is 1.21. The number of halogens is 1. The van der Waals surface area contributed by atoms with Crippen molar-refractivity contribution in [2.24, 2.45) is 0 Å². The molecule has 0 spiro atoms. The summed E-state index contributed by atoms with van der Waals surface area (Å²) in [4.78, 5) is 27.6. The Bertz CT molecular complexity index is 1380. The fourth-order valence-corrected chi connectivity index (χ4v) is 4.15. The molecule has 0 fully saturated rings. The number of aliphatic hydroxyl groups excluding tert-OH is 1. The number of nitrogens with one attached hydrogen (secondary N) is 3. The quantitative estimate of drug-likeness (QED) is 0.364. The molecule has 1 amide bonds. The molecule has 4 N–H and O–H groups in total. The summed E-state index contributed by atoms with van der Waals surface area (Å²) in [5, 5.41) is 21.2. The van der Waals surface area contributed by atoms with Crippen molar-refractivity contribution in [1.29, 1.82) is 0 Å². The second kappa shape index (κ2) is 8.57. The number of anilines is 2. The van der Waals surface area contributed by atoms with Crippen molar-refractivity contribution in [3.8, 4) is 5.69 Å². The molecular formula is C24H20ClN5O3. The number of benzene rings is 3. The number of amides is 1. The maximum atomic E-state index is 12.7. The number of H-pyrrole nitrogens is 1. The van der Waals surface area contributed by atoms with E-state index in [2.05, 4.69) is 20.7 Å². The average Bonchev–Trinajstić information content (AvgIpc) is 3.33. The fourth-order valence-electron chi connectivity index (χ4n) is 3.96. The predicted molar refractivity (Wildman–Crippen MR) is 125 cm³/mol. The lowest BCUT2D eigenvalue weighted by Gasteiger charge is -2.17. The van der Waals surface area contributed by atoms with Crippen LogP contribution in [0.25, 0.3) is 5.69 Å². The molecule has 9 heteroatoms. The molecule has 0 saturated carbocycles. The Morgan fingerprint density at radius 1 is 1.09 bits per heavy atom. The number of hydrogen-bond donors (Lipinski definition) is 4. The second-order valence-corrected chi connectivity index (χ2v) is 8.24. The molecule has 0 aliphatic heterocycles. The maximum absolute atomic E-state index is 12.7. The minimum absolute atomic E-state index is 0.254. The van der Waals surface area contributed by atoms with E-state index in [9.17, 15) is 14.7 Å². The first kappa shape index (κ1) is 21.0. The van der Waals surface area contributed by atoms with Crippen LogP contribution in [-0.2, 0) is 6.42 Å². The minimum atomic E-state index is -0.725. The van der Waals surface area contributed by atoms with Gasteiger partial charge in [0.25, 0.3) is 5.91 Å². The Kier molecular flexibility index (Phi) is 5.45. The van der Waals surface area contributed by atoms with Crippen LogP contribution in [0.2, 0.25) is 5.02 Å². The van der Waals surface area contributed by atoms with Crippen LogP contribution in [0.3, 0.4) is 0 Å². The number of nitrogens with zero attached hydrogens (tertiary/aromatic N) is 2. The molecule has 1 aliphatic rings. The van der Waals surface area contributed by atoms with E-state index in [4.69, 9.17) is 11.6 Å². The third-order valence-corrected chi connectivity index (χ3v) is 5.83. The number of carbonyl (C=O) groups excluding carboxylic acids is 1. The fraction of sp³-hybridized carbons (Fsp3) is 0.125. The summed E-state index contributed by atoms with van der Waals surface area (Å²) in [6, 6.07) is 20.8. The lowest BCUT2D eigenvalue weighted by atomic mass is 10.1. The van der Waals surface area contributed by atoms with Gasteiger partial charge >= 0.3 is 5.69 Å². The number of fused-ring (bicyclic) bond motifs is 1. The summed E-state index contributed by atoms with van der Waals surface area (Å²) >= 11 is 5.99.